The second kappa shape index (κ2) is 6.27. The summed E-state index contributed by atoms with van der Waals surface area (Å²) in [7, 11) is 0. The zero-order chi connectivity index (χ0) is 11.2. The summed E-state index contributed by atoms with van der Waals surface area (Å²) < 4.78 is 0. The van der Waals surface area contributed by atoms with E-state index in [0.717, 1.165) is 19.0 Å². The highest BCUT2D eigenvalue weighted by Gasteiger charge is 2.19. The van der Waals surface area contributed by atoms with Crippen LogP contribution in [0, 0.1) is 5.92 Å². The lowest BCUT2D eigenvalue weighted by molar-refractivity contribution is 0.346. The average molecular weight is 238 g/mol. The monoisotopic (exact) mass is 237 g/mol. The number of nitrogens with one attached hydrogen (secondary N) is 1. The number of alkyl halides is 1. The molecule has 2 atom stereocenters. The highest BCUT2D eigenvalue weighted by atomic mass is 35.5. The predicted octanol–water partition coefficient (Wildman–Crippen LogP) is 3.57. The Hall–Kier alpha value is -0.530. The zero-order valence-corrected chi connectivity index (χ0v) is 10.4. The minimum atomic E-state index is 0.414. The number of benzene rings is 1. The van der Waals surface area contributed by atoms with Gasteiger partial charge in [-0.05, 0) is 37.3 Å². The highest BCUT2D eigenvalue weighted by Crippen LogP contribution is 2.27. The smallest absolute Gasteiger partial charge is 0.0339 e. The molecule has 0 spiro atoms. The average Bonchev–Trinajstić information content (AvgIpc) is 2.30. The van der Waals surface area contributed by atoms with Crippen molar-refractivity contribution in [3.63, 3.8) is 0 Å². The van der Waals surface area contributed by atoms with E-state index in [0.29, 0.717) is 5.38 Å². The van der Waals surface area contributed by atoms with Crippen LogP contribution >= 0.6 is 11.6 Å². The summed E-state index contributed by atoms with van der Waals surface area (Å²) in [6.45, 7) is 2.09. The maximum atomic E-state index is 6.18. The van der Waals surface area contributed by atoms with Gasteiger partial charge in [0, 0.05) is 11.9 Å². The second-order valence-electron chi connectivity index (χ2n) is 4.75. The molecule has 2 rings (SSSR count). The second-order valence-corrected chi connectivity index (χ2v) is 5.36. The summed E-state index contributed by atoms with van der Waals surface area (Å²) in [6, 6.07) is 10.6. The summed E-state index contributed by atoms with van der Waals surface area (Å²) in [5, 5.41) is 3.95. The van der Waals surface area contributed by atoms with Gasteiger partial charge in [-0.2, -0.15) is 0 Å². The largest absolute Gasteiger partial charge is 0.312 e. The first-order valence-corrected chi connectivity index (χ1v) is 6.67. The van der Waals surface area contributed by atoms with Crippen molar-refractivity contribution in [2.75, 3.05) is 6.54 Å². The topological polar surface area (TPSA) is 12.0 Å². The van der Waals surface area contributed by atoms with Crippen molar-refractivity contribution in [1.29, 1.82) is 0 Å². The third kappa shape index (κ3) is 3.80. The van der Waals surface area contributed by atoms with E-state index in [1.165, 1.54) is 31.2 Å². The molecule has 1 N–H and O–H groups in total. The highest BCUT2D eigenvalue weighted by molar-refractivity contribution is 6.20. The maximum absolute atomic E-state index is 6.18. The van der Waals surface area contributed by atoms with E-state index in [4.69, 9.17) is 11.6 Å². The van der Waals surface area contributed by atoms with Gasteiger partial charge in [-0.25, -0.2) is 0 Å². The van der Waals surface area contributed by atoms with Crippen LogP contribution in [0.25, 0.3) is 0 Å². The van der Waals surface area contributed by atoms with Gasteiger partial charge >= 0.3 is 0 Å². The van der Waals surface area contributed by atoms with Crippen LogP contribution in [-0.2, 0) is 6.54 Å². The minimum absolute atomic E-state index is 0.414. The van der Waals surface area contributed by atoms with Crippen molar-refractivity contribution in [2.45, 2.75) is 37.6 Å². The van der Waals surface area contributed by atoms with Crippen LogP contribution in [0.15, 0.2) is 30.3 Å². The van der Waals surface area contributed by atoms with Crippen LogP contribution in [-0.4, -0.2) is 11.9 Å². The molecule has 1 saturated carbocycles. The molecular weight excluding hydrogens is 218 g/mol. The van der Waals surface area contributed by atoms with Crippen LogP contribution < -0.4 is 5.32 Å². The standard InChI is InChI=1S/C14H20ClN/c15-14-8-4-7-13(9-14)11-16-10-12-5-2-1-3-6-12/h1-3,5-6,13-14,16H,4,7-11H2. The Morgan fingerprint density at radius 2 is 2.00 bits per heavy atom. The first-order chi connectivity index (χ1) is 7.84. The van der Waals surface area contributed by atoms with Gasteiger partial charge in [0.2, 0.25) is 0 Å². The normalized spacial score (nSPS) is 25.6. The Morgan fingerprint density at radius 1 is 1.19 bits per heavy atom. The maximum Gasteiger partial charge on any atom is 0.0339 e. The molecule has 2 unspecified atom stereocenters. The molecule has 16 heavy (non-hydrogen) atoms. The molecule has 1 aliphatic carbocycles. The molecule has 0 amide bonds. The van der Waals surface area contributed by atoms with Crippen molar-refractivity contribution in [1.82, 2.24) is 5.32 Å². The van der Waals surface area contributed by atoms with Gasteiger partial charge in [-0.3, -0.25) is 0 Å². The fourth-order valence-corrected chi connectivity index (χ4v) is 2.83. The number of rotatable bonds is 4. The summed E-state index contributed by atoms with van der Waals surface area (Å²) in [6.07, 6.45) is 5.02. The first kappa shape index (κ1) is 11.9. The number of hydrogen-bond acceptors (Lipinski definition) is 1. The lowest BCUT2D eigenvalue weighted by Gasteiger charge is -2.25. The summed E-state index contributed by atoms with van der Waals surface area (Å²) in [5.41, 5.74) is 1.36. The van der Waals surface area contributed by atoms with Crippen molar-refractivity contribution in [3.05, 3.63) is 35.9 Å². The molecular formula is C14H20ClN. The van der Waals surface area contributed by atoms with Gasteiger partial charge in [0.15, 0.2) is 0 Å². The van der Waals surface area contributed by atoms with E-state index in [1.54, 1.807) is 0 Å². The van der Waals surface area contributed by atoms with E-state index >= 15 is 0 Å². The van der Waals surface area contributed by atoms with Crippen molar-refractivity contribution in [3.8, 4) is 0 Å². The van der Waals surface area contributed by atoms with E-state index in [9.17, 15) is 0 Å². The van der Waals surface area contributed by atoms with Crippen LogP contribution in [0.2, 0.25) is 0 Å². The van der Waals surface area contributed by atoms with Crippen LogP contribution in [0.3, 0.4) is 0 Å². The van der Waals surface area contributed by atoms with Crippen LogP contribution in [0.1, 0.15) is 31.2 Å². The van der Waals surface area contributed by atoms with Gasteiger partial charge in [-0.1, -0.05) is 36.8 Å². The molecule has 1 fully saturated rings. The molecule has 0 radical (unpaired) electrons. The SMILES string of the molecule is ClC1CCCC(CNCc2ccccc2)C1. The minimum Gasteiger partial charge on any atom is -0.312 e. The Bertz CT molecular complexity index is 299. The fraction of sp³-hybridized carbons (Fsp3) is 0.571. The predicted molar refractivity (Wildman–Crippen MR) is 69.7 cm³/mol. The van der Waals surface area contributed by atoms with Crippen LogP contribution in [0.4, 0.5) is 0 Å². The summed E-state index contributed by atoms with van der Waals surface area (Å²) in [4.78, 5) is 0. The van der Waals surface area contributed by atoms with E-state index in [2.05, 4.69) is 35.6 Å². The number of halogens is 1. The third-order valence-corrected chi connectivity index (χ3v) is 3.72. The number of hydrogen-bond donors (Lipinski definition) is 1. The third-order valence-electron chi connectivity index (χ3n) is 3.32. The fourth-order valence-electron chi connectivity index (χ4n) is 2.43. The van der Waals surface area contributed by atoms with Crippen molar-refractivity contribution in [2.24, 2.45) is 5.92 Å². The molecule has 1 nitrogen and oxygen atoms in total. The molecule has 1 aromatic rings. The quantitative estimate of drug-likeness (QED) is 0.790. The van der Waals surface area contributed by atoms with E-state index < -0.39 is 0 Å². The van der Waals surface area contributed by atoms with Crippen molar-refractivity contribution >= 4 is 11.6 Å². The van der Waals surface area contributed by atoms with E-state index in [-0.39, 0.29) is 0 Å². The molecule has 0 saturated heterocycles. The summed E-state index contributed by atoms with van der Waals surface area (Å²) in [5.74, 6) is 0.778. The van der Waals surface area contributed by atoms with Gasteiger partial charge in [0.25, 0.3) is 0 Å². The Morgan fingerprint density at radius 3 is 2.75 bits per heavy atom. The zero-order valence-electron chi connectivity index (χ0n) is 9.66. The molecule has 1 aromatic carbocycles. The van der Waals surface area contributed by atoms with Gasteiger partial charge in [0.1, 0.15) is 0 Å². The van der Waals surface area contributed by atoms with Crippen molar-refractivity contribution < 1.29 is 0 Å². The molecule has 2 heteroatoms. The molecule has 1 aliphatic rings. The molecule has 88 valence electrons. The Kier molecular flexibility index (Phi) is 4.68. The van der Waals surface area contributed by atoms with Crippen LogP contribution in [0.5, 0.6) is 0 Å². The molecule has 0 aromatic heterocycles. The molecule has 0 aliphatic heterocycles. The van der Waals surface area contributed by atoms with Gasteiger partial charge in [0.05, 0.1) is 0 Å². The Balaban J connectivity index is 1.68. The van der Waals surface area contributed by atoms with Gasteiger partial charge < -0.3 is 5.32 Å². The molecule has 0 heterocycles. The van der Waals surface area contributed by atoms with E-state index in [1.807, 2.05) is 0 Å². The van der Waals surface area contributed by atoms with Gasteiger partial charge in [-0.15, -0.1) is 11.6 Å². The lowest BCUT2D eigenvalue weighted by Crippen LogP contribution is -2.27. The Labute approximate surface area is 103 Å². The molecule has 0 bridgehead atoms. The lowest BCUT2D eigenvalue weighted by atomic mass is 9.89. The first-order valence-electron chi connectivity index (χ1n) is 6.23. The summed E-state index contributed by atoms with van der Waals surface area (Å²) >= 11 is 6.18.